The molecule has 57 heavy (non-hydrogen) atoms. The van der Waals surface area contributed by atoms with Gasteiger partial charge in [-0.2, -0.15) is 0 Å². The van der Waals surface area contributed by atoms with Gasteiger partial charge in [0, 0.05) is 16.5 Å². The minimum Gasteiger partial charge on any atom is -0.449 e. The number of rotatable bonds is 5. The van der Waals surface area contributed by atoms with E-state index in [9.17, 15) is 0 Å². The summed E-state index contributed by atoms with van der Waals surface area (Å²) in [6.45, 7) is 4.55. The topological polar surface area (TPSA) is 55.2 Å². The molecule has 3 aliphatic rings. The van der Waals surface area contributed by atoms with Gasteiger partial charge in [0.25, 0.3) is 0 Å². The Morgan fingerprint density at radius 1 is 0.456 bits per heavy atom. The Bertz CT molecular complexity index is 2950. The van der Waals surface area contributed by atoms with Crippen LogP contribution < -0.4 is 14.8 Å². The van der Waals surface area contributed by atoms with Crippen LogP contribution in [0, 0.1) is 0 Å². The van der Waals surface area contributed by atoms with Crippen LogP contribution in [0.4, 0.5) is 0 Å². The first-order valence-electron chi connectivity index (χ1n) is 19.4. The second kappa shape index (κ2) is 12.9. The van der Waals surface area contributed by atoms with Gasteiger partial charge in [-0.05, 0) is 85.1 Å². The molecule has 0 fully saturated rings. The Morgan fingerprint density at radius 2 is 1.07 bits per heavy atom. The van der Waals surface area contributed by atoms with E-state index in [0.29, 0.717) is 17.3 Å². The number of hydrogen-bond donors (Lipinski definition) is 1. The van der Waals surface area contributed by atoms with E-state index in [-0.39, 0.29) is 11.6 Å². The molecule has 8 aromatic rings. The maximum absolute atomic E-state index is 6.58. The van der Waals surface area contributed by atoms with Crippen molar-refractivity contribution < 1.29 is 9.47 Å². The van der Waals surface area contributed by atoms with Gasteiger partial charge < -0.3 is 14.8 Å². The van der Waals surface area contributed by atoms with Crippen LogP contribution in [0.5, 0.6) is 23.0 Å². The van der Waals surface area contributed by atoms with E-state index in [1.54, 1.807) is 0 Å². The van der Waals surface area contributed by atoms with Crippen LogP contribution >= 0.6 is 0 Å². The number of hydrogen-bond acceptors (Lipinski definition) is 5. The lowest BCUT2D eigenvalue weighted by Gasteiger charge is -2.25. The fraction of sp³-hybridized carbons (Fsp3) is 0.0769. The van der Waals surface area contributed by atoms with Crippen LogP contribution in [0.25, 0.3) is 44.2 Å². The highest BCUT2D eigenvalue weighted by Gasteiger charge is 2.37. The monoisotopic (exact) mass is 735 g/mol. The SMILES string of the molecule is CC1(C)c2ccccc2-c2cc3c(cc21)Oc1cc(-c2ccc(C4N=C(c5ccccc5)N=C(c5ccc(-c6ccccc6)c6ccccc56)N4)cc2)ccc1O3. The van der Waals surface area contributed by atoms with Crippen LogP contribution in [0.15, 0.2) is 186 Å². The molecule has 0 aromatic heterocycles. The molecular formula is C52H37N3O2. The Hall–Kier alpha value is -7.24. The second-order valence-electron chi connectivity index (χ2n) is 15.4. The zero-order chi connectivity index (χ0) is 38.1. The van der Waals surface area contributed by atoms with Gasteiger partial charge in [0.1, 0.15) is 12.0 Å². The molecule has 1 aliphatic carbocycles. The van der Waals surface area contributed by atoms with Gasteiger partial charge in [-0.1, -0.05) is 166 Å². The quantitative estimate of drug-likeness (QED) is 0.191. The van der Waals surface area contributed by atoms with Crippen LogP contribution in [0.2, 0.25) is 0 Å². The maximum atomic E-state index is 6.58. The van der Waals surface area contributed by atoms with Gasteiger partial charge in [-0.25, -0.2) is 9.98 Å². The van der Waals surface area contributed by atoms with Crippen molar-refractivity contribution in [2.24, 2.45) is 9.98 Å². The Morgan fingerprint density at radius 3 is 1.86 bits per heavy atom. The minimum absolute atomic E-state index is 0.124. The van der Waals surface area contributed by atoms with E-state index in [2.05, 4.69) is 171 Å². The molecule has 0 spiro atoms. The molecule has 0 bridgehead atoms. The van der Waals surface area contributed by atoms with Crippen molar-refractivity contribution in [2.45, 2.75) is 25.4 Å². The number of aliphatic imine (C=N–C) groups is 2. The normalized spacial score (nSPS) is 15.8. The lowest BCUT2D eigenvalue weighted by Crippen LogP contribution is -2.33. The molecule has 0 amide bonds. The van der Waals surface area contributed by atoms with E-state index >= 15 is 0 Å². The molecule has 11 rings (SSSR count). The molecule has 5 nitrogen and oxygen atoms in total. The number of benzene rings is 8. The first-order chi connectivity index (χ1) is 28.0. The molecule has 2 heterocycles. The van der Waals surface area contributed by atoms with Crippen LogP contribution in [0.1, 0.15) is 47.8 Å². The molecule has 0 radical (unpaired) electrons. The summed E-state index contributed by atoms with van der Waals surface area (Å²) in [6, 6.07) is 61.4. The summed E-state index contributed by atoms with van der Waals surface area (Å²) >= 11 is 0. The summed E-state index contributed by atoms with van der Waals surface area (Å²) < 4.78 is 13.0. The third-order valence-corrected chi connectivity index (χ3v) is 11.6. The zero-order valence-electron chi connectivity index (χ0n) is 31.5. The van der Waals surface area contributed by atoms with Gasteiger partial charge in [-0.3, -0.25) is 0 Å². The van der Waals surface area contributed by atoms with Gasteiger partial charge in [0.15, 0.2) is 28.8 Å². The Kier molecular flexibility index (Phi) is 7.51. The van der Waals surface area contributed by atoms with Crippen LogP contribution in [-0.4, -0.2) is 11.7 Å². The Balaban J connectivity index is 0.906. The maximum Gasteiger partial charge on any atom is 0.170 e. The van der Waals surface area contributed by atoms with Gasteiger partial charge in [0.2, 0.25) is 0 Å². The molecule has 2 aliphatic heterocycles. The van der Waals surface area contributed by atoms with Gasteiger partial charge in [-0.15, -0.1) is 0 Å². The molecule has 5 heteroatoms. The van der Waals surface area contributed by atoms with Crippen LogP contribution in [-0.2, 0) is 5.41 Å². The first-order valence-corrected chi connectivity index (χ1v) is 19.4. The Labute approximate surface area is 331 Å². The summed E-state index contributed by atoms with van der Waals surface area (Å²) in [5, 5.41) is 6.01. The predicted molar refractivity (Wildman–Crippen MR) is 231 cm³/mol. The lowest BCUT2D eigenvalue weighted by atomic mass is 9.82. The zero-order valence-corrected chi connectivity index (χ0v) is 31.5. The molecular weight excluding hydrogens is 699 g/mol. The van der Waals surface area contributed by atoms with E-state index in [0.717, 1.165) is 50.5 Å². The van der Waals surface area contributed by atoms with E-state index in [4.69, 9.17) is 19.5 Å². The van der Waals surface area contributed by atoms with E-state index in [1.807, 2.05) is 24.3 Å². The molecule has 1 N–H and O–H groups in total. The van der Waals surface area contributed by atoms with E-state index < -0.39 is 0 Å². The number of amidine groups is 2. The van der Waals surface area contributed by atoms with Crippen molar-refractivity contribution in [1.29, 1.82) is 0 Å². The molecule has 8 aromatic carbocycles. The van der Waals surface area contributed by atoms with Crippen molar-refractivity contribution >= 4 is 22.4 Å². The van der Waals surface area contributed by atoms with Crippen molar-refractivity contribution in [1.82, 2.24) is 5.32 Å². The average molecular weight is 736 g/mol. The van der Waals surface area contributed by atoms with Crippen molar-refractivity contribution in [3.05, 3.63) is 204 Å². The minimum atomic E-state index is -0.344. The lowest BCUT2D eigenvalue weighted by molar-refractivity contribution is 0.359. The first kappa shape index (κ1) is 33.1. The predicted octanol–water partition coefficient (Wildman–Crippen LogP) is 12.9. The molecule has 1 unspecified atom stereocenters. The molecule has 0 saturated heterocycles. The average Bonchev–Trinajstić information content (AvgIpc) is 3.49. The molecule has 272 valence electrons. The largest absolute Gasteiger partial charge is 0.449 e. The number of nitrogens with zero attached hydrogens (tertiary/aromatic N) is 2. The van der Waals surface area contributed by atoms with Gasteiger partial charge >= 0.3 is 0 Å². The summed E-state index contributed by atoms with van der Waals surface area (Å²) in [6.07, 6.45) is -0.344. The van der Waals surface area contributed by atoms with E-state index in [1.165, 1.54) is 38.8 Å². The smallest absolute Gasteiger partial charge is 0.170 e. The van der Waals surface area contributed by atoms with Gasteiger partial charge in [0.05, 0.1) is 0 Å². The third-order valence-electron chi connectivity index (χ3n) is 11.6. The summed E-state index contributed by atoms with van der Waals surface area (Å²) in [7, 11) is 0. The number of nitrogens with one attached hydrogen (secondary N) is 1. The third kappa shape index (κ3) is 5.54. The highest BCUT2D eigenvalue weighted by atomic mass is 16.6. The summed E-state index contributed by atoms with van der Waals surface area (Å²) in [5.74, 6) is 4.38. The summed E-state index contributed by atoms with van der Waals surface area (Å²) in [5.41, 5.74) is 12.4. The molecule has 0 saturated carbocycles. The summed E-state index contributed by atoms with van der Waals surface area (Å²) in [4.78, 5) is 10.3. The number of fused-ring (bicyclic) bond motifs is 6. The second-order valence-corrected chi connectivity index (χ2v) is 15.4. The fourth-order valence-electron chi connectivity index (χ4n) is 8.66. The van der Waals surface area contributed by atoms with Crippen molar-refractivity contribution in [3.63, 3.8) is 0 Å². The standard InChI is InChI=1S/C52H37N3O2/c1-52(2)43-20-12-11-19-40(43)42-30-47-48(31-44(42)52)57-46-29-36(25-28-45(46)56-47)32-21-23-35(24-22-32)50-53-49(34-15-7-4-8-16-34)54-51(55-50)41-27-26-37(33-13-5-3-6-14-33)38-17-9-10-18-39(38)41/h3-31,50H,1-2H3,(H,53,54,55). The highest BCUT2D eigenvalue weighted by molar-refractivity contribution is 6.18. The van der Waals surface area contributed by atoms with Crippen molar-refractivity contribution in [3.8, 4) is 56.4 Å². The molecule has 1 atom stereocenters. The number of ether oxygens (including phenoxy) is 2. The fourth-order valence-corrected chi connectivity index (χ4v) is 8.66. The van der Waals surface area contributed by atoms with Crippen LogP contribution in [0.3, 0.4) is 0 Å². The highest BCUT2D eigenvalue weighted by Crippen LogP contribution is 2.55. The van der Waals surface area contributed by atoms with Crippen molar-refractivity contribution in [2.75, 3.05) is 0 Å².